The van der Waals surface area contributed by atoms with Crippen LogP contribution in [-0.2, 0) is 10.0 Å². The lowest BCUT2D eigenvalue weighted by atomic mass is 10.2. The Morgan fingerprint density at radius 3 is 2.43 bits per heavy atom. The fourth-order valence-electron chi connectivity index (χ4n) is 2.92. The van der Waals surface area contributed by atoms with Crippen LogP contribution in [0.25, 0.3) is 5.82 Å². The molecule has 8 nitrogen and oxygen atoms in total. The van der Waals surface area contributed by atoms with Gasteiger partial charge in [0.2, 0.25) is 0 Å². The van der Waals surface area contributed by atoms with Crippen molar-refractivity contribution in [3.8, 4) is 5.82 Å². The van der Waals surface area contributed by atoms with Crippen LogP contribution in [0.1, 0.15) is 11.1 Å². The van der Waals surface area contributed by atoms with E-state index < -0.39 is 10.0 Å². The summed E-state index contributed by atoms with van der Waals surface area (Å²) in [5.41, 5.74) is 2.82. The van der Waals surface area contributed by atoms with E-state index in [-0.39, 0.29) is 4.90 Å². The summed E-state index contributed by atoms with van der Waals surface area (Å²) in [4.78, 5) is 8.68. The lowest BCUT2D eigenvalue weighted by Gasteiger charge is -2.12. The van der Waals surface area contributed by atoms with Crippen molar-refractivity contribution >= 4 is 27.2 Å². The average molecular weight is 420 g/mol. The van der Waals surface area contributed by atoms with Gasteiger partial charge in [0, 0.05) is 29.8 Å². The van der Waals surface area contributed by atoms with Crippen molar-refractivity contribution in [2.24, 2.45) is 0 Å². The third-order valence-electron chi connectivity index (χ3n) is 4.43. The van der Waals surface area contributed by atoms with Crippen molar-refractivity contribution in [3.63, 3.8) is 0 Å². The van der Waals surface area contributed by atoms with Crippen LogP contribution in [-0.4, -0.2) is 28.2 Å². The summed E-state index contributed by atoms with van der Waals surface area (Å²) >= 11 is 0. The maximum atomic E-state index is 12.7. The molecule has 0 saturated carbocycles. The molecule has 0 atom stereocenters. The van der Waals surface area contributed by atoms with E-state index in [0.717, 1.165) is 11.3 Å². The minimum Gasteiger partial charge on any atom is -0.340 e. The summed E-state index contributed by atoms with van der Waals surface area (Å²) in [6.07, 6.45) is 4.92. The first-order chi connectivity index (χ1) is 14.4. The molecule has 0 aliphatic rings. The Morgan fingerprint density at radius 2 is 1.70 bits per heavy atom. The van der Waals surface area contributed by atoms with E-state index in [2.05, 4.69) is 25.1 Å². The Kier molecular flexibility index (Phi) is 5.20. The molecule has 30 heavy (non-hydrogen) atoms. The molecular formula is C21H20N6O2S. The molecule has 0 amide bonds. The minimum absolute atomic E-state index is 0.275. The molecule has 152 valence electrons. The quantitative estimate of drug-likeness (QED) is 0.492. The number of benzene rings is 2. The highest BCUT2D eigenvalue weighted by Crippen LogP contribution is 2.23. The van der Waals surface area contributed by atoms with Crippen LogP contribution in [0, 0.1) is 13.8 Å². The molecule has 2 aromatic heterocycles. The van der Waals surface area contributed by atoms with Crippen molar-refractivity contribution < 1.29 is 8.42 Å². The maximum absolute atomic E-state index is 12.7. The molecule has 0 saturated heterocycles. The highest BCUT2D eigenvalue weighted by molar-refractivity contribution is 7.92. The zero-order valence-electron chi connectivity index (χ0n) is 16.4. The van der Waals surface area contributed by atoms with Gasteiger partial charge >= 0.3 is 0 Å². The van der Waals surface area contributed by atoms with Crippen molar-refractivity contribution in [3.05, 3.63) is 84.4 Å². The van der Waals surface area contributed by atoms with E-state index in [9.17, 15) is 8.42 Å². The third-order valence-corrected chi connectivity index (χ3v) is 5.96. The lowest BCUT2D eigenvalue weighted by molar-refractivity contribution is 0.600. The van der Waals surface area contributed by atoms with Gasteiger partial charge in [0.05, 0.1) is 4.90 Å². The Bertz CT molecular complexity index is 1270. The normalized spacial score (nSPS) is 11.3. The van der Waals surface area contributed by atoms with Crippen molar-refractivity contribution in [1.82, 2.24) is 19.7 Å². The molecule has 0 aliphatic heterocycles. The molecule has 4 aromatic rings. The Hall–Kier alpha value is -3.72. The summed E-state index contributed by atoms with van der Waals surface area (Å²) < 4.78 is 29.8. The Balaban J connectivity index is 1.50. The largest absolute Gasteiger partial charge is 0.340 e. The summed E-state index contributed by atoms with van der Waals surface area (Å²) in [6.45, 7) is 3.64. The van der Waals surface area contributed by atoms with Crippen LogP contribution in [0.4, 0.5) is 17.2 Å². The second kappa shape index (κ2) is 7.96. The number of hydrogen-bond acceptors (Lipinski definition) is 6. The zero-order valence-corrected chi connectivity index (χ0v) is 17.3. The van der Waals surface area contributed by atoms with Crippen molar-refractivity contribution in [2.45, 2.75) is 18.7 Å². The minimum atomic E-state index is -3.67. The van der Waals surface area contributed by atoms with Gasteiger partial charge in [-0.05, 0) is 61.4 Å². The highest BCUT2D eigenvalue weighted by Gasteiger charge is 2.17. The smallest absolute Gasteiger partial charge is 0.262 e. The number of hydrogen-bond donors (Lipinski definition) is 2. The summed E-state index contributed by atoms with van der Waals surface area (Å²) in [7, 11) is -3.67. The number of aromatic nitrogens is 4. The van der Waals surface area contributed by atoms with E-state index in [1.807, 2.05) is 19.1 Å². The van der Waals surface area contributed by atoms with Gasteiger partial charge < -0.3 is 5.32 Å². The first-order valence-electron chi connectivity index (χ1n) is 9.20. The number of anilines is 3. The zero-order chi connectivity index (χ0) is 21.1. The van der Waals surface area contributed by atoms with Gasteiger partial charge in [-0.1, -0.05) is 12.1 Å². The predicted octanol–water partition coefficient (Wildman–Crippen LogP) is 3.82. The molecule has 2 heterocycles. The van der Waals surface area contributed by atoms with Gasteiger partial charge in [0.1, 0.15) is 12.1 Å². The number of nitrogens with one attached hydrogen (secondary N) is 2. The van der Waals surface area contributed by atoms with Gasteiger partial charge in [0.25, 0.3) is 10.0 Å². The molecule has 2 aromatic carbocycles. The first-order valence-corrected chi connectivity index (χ1v) is 10.7. The van der Waals surface area contributed by atoms with Crippen molar-refractivity contribution in [1.29, 1.82) is 0 Å². The first kappa shape index (κ1) is 19.6. The van der Waals surface area contributed by atoms with Gasteiger partial charge in [-0.2, -0.15) is 5.10 Å². The second-order valence-corrected chi connectivity index (χ2v) is 8.44. The average Bonchev–Trinajstić information content (AvgIpc) is 3.26. The van der Waals surface area contributed by atoms with Gasteiger partial charge in [0.15, 0.2) is 5.82 Å². The molecule has 4 rings (SSSR count). The number of sulfonamides is 1. The predicted molar refractivity (Wildman–Crippen MR) is 116 cm³/mol. The molecule has 0 bridgehead atoms. The van der Waals surface area contributed by atoms with E-state index in [1.165, 1.54) is 6.33 Å². The molecule has 2 N–H and O–H groups in total. The van der Waals surface area contributed by atoms with E-state index >= 15 is 0 Å². The van der Waals surface area contributed by atoms with Crippen LogP contribution in [0.15, 0.2) is 78.2 Å². The fraction of sp³-hybridized carbons (Fsp3) is 0.0952. The van der Waals surface area contributed by atoms with Crippen LogP contribution in [0.5, 0.6) is 0 Å². The summed E-state index contributed by atoms with van der Waals surface area (Å²) in [5, 5.41) is 7.33. The summed E-state index contributed by atoms with van der Waals surface area (Å²) in [6, 6.07) is 15.9. The molecule has 0 unspecified atom stereocenters. The van der Waals surface area contributed by atoms with Crippen LogP contribution < -0.4 is 10.0 Å². The second-order valence-electron chi connectivity index (χ2n) is 6.79. The summed E-state index contributed by atoms with van der Waals surface area (Å²) in [5.74, 6) is 1.23. The fourth-order valence-corrected chi connectivity index (χ4v) is 4.31. The third kappa shape index (κ3) is 4.31. The monoisotopic (exact) mass is 420 g/mol. The maximum Gasteiger partial charge on any atom is 0.262 e. The topological polar surface area (TPSA) is 102 Å². The van der Waals surface area contributed by atoms with Crippen molar-refractivity contribution in [2.75, 3.05) is 10.0 Å². The molecule has 0 fully saturated rings. The number of aryl methyl sites for hydroxylation is 2. The molecule has 0 aliphatic carbocycles. The number of rotatable bonds is 6. The lowest BCUT2D eigenvalue weighted by Crippen LogP contribution is -2.14. The number of nitrogens with zero attached hydrogens (tertiary/aromatic N) is 4. The van der Waals surface area contributed by atoms with Gasteiger partial charge in [-0.3, -0.25) is 4.72 Å². The highest BCUT2D eigenvalue weighted by atomic mass is 32.2. The van der Waals surface area contributed by atoms with Gasteiger partial charge in [-0.25, -0.2) is 23.1 Å². The van der Waals surface area contributed by atoms with E-state index in [0.29, 0.717) is 22.9 Å². The van der Waals surface area contributed by atoms with E-state index in [4.69, 9.17) is 0 Å². The SMILES string of the molecule is Cc1ccc(C)c(S(=O)(=O)Nc2ccc(Nc3cc(-n4cccn4)ncn3)cc2)c1. The van der Waals surface area contributed by atoms with Gasteiger partial charge in [-0.15, -0.1) is 0 Å². The van der Waals surface area contributed by atoms with E-state index in [1.54, 1.807) is 66.5 Å². The molecule has 0 radical (unpaired) electrons. The van der Waals surface area contributed by atoms with Crippen LogP contribution in [0.2, 0.25) is 0 Å². The molecule has 9 heteroatoms. The Labute approximate surface area is 174 Å². The van der Waals surface area contributed by atoms with Crippen LogP contribution >= 0.6 is 0 Å². The Morgan fingerprint density at radius 1 is 0.933 bits per heavy atom. The molecule has 0 spiro atoms. The standard InChI is InChI=1S/C21H20N6O2S/c1-15-4-5-16(2)19(12-15)30(28,29)26-18-8-6-17(7-9-18)25-20-13-21(23-14-22-20)27-11-3-10-24-27/h3-14,26H,1-2H3,(H,22,23,25). The van der Waals surface area contributed by atoms with Crippen LogP contribution in [0.3, 0.4) is 0 Å². The molecular weight excluding hydrogens is 400 g/mol.